The maximum Gasteiger partial charge on any atom is 0.325 e. The van der Waals surface area contributed by atoms with Gasteiger partial charge in [0, 0.05) is 17.3 Å². The number of hydrogen-bond acceptors (Lipinski definition) is 3. The third-order valence-electron chi connectivity index (χ3n) is 3.63. The summed E-state index contributed by atoms with van der Waals surface area (Å²) in [6.45, 7) is 0. The Bertz CT molecular complexity index is 890. The average Bonchev–Trinajstić information content (AvgIpc) is 2.63. The molecule has 0 atom stereocenters. The highest BCUT2D eigenvalue weighted by Crippen LogP contribution is 2.23. The van der Waals surface area contributed by atoms with E-state index in [4.69, 9.17) is 16.2 Å². The van der Waals surface area contributed by atoms with Crippen LogP contribution in [0.1, 0.15) is 0 Å². The van der Waals surface area contributed by atoms with E-state index in [0.29, 0.717) is 11.6 Å². The molecule has 0 spiro atoms. The van der Waals surface area contributed by atoms with Crippen LogP contribution in [0.4, 0.5) is 17.2 Å². The summed E-state index contributed by atoms with van der Waals surface area (Å²) in [4.78, 5) is 7.45. The molecule has 6 nitrogen and oxygen atoms in total. The lowest BCUT2D eigenvalue weighted by Crippen LogP contribution is -2.23. The molecule has 0 saturated carbocycles. The van der Waals surface area contributed by atoms with E-state index in [0.717, 1.165) is 22.5 Å². The van der Waals surface area contributed by atoms with Crippen molar-refractivity contribution in [2.24, 2.45) is 10.7 Å². The Kier molecular flexibility index (Phi) is 4.80. The van der Waals surface area contributed by atoms with Gasteiger partial charge in [0.1, 0.15) is 5.75 Å². The fraction of sp³-hybridized carbons (Fsp3) is 0.0526. The number of ether oxygens (including phenoxy) is 1. The van der Waals surface area contributed by atoms with E-state index >= 15 is 0 Å². The number of aromatic nitrogens is 1. The first-order valence-electron chi connectivity index (χ1n) is 7.77. The van der Waals surface area contributed by atoms with Crippen LogP contribution in [0, 0.1) is 0 Å². The van der Waals surface area contributed by atoms with E-state index in [1.807, 2.05) is 66.9 Å². The van der Waals surface area contributed by atoms with E-state index < -0.39 is 0 Å². The summed E-state index contributed by atoms with van der Waals surface area (Å²) in [7, 11) is 1.61. The summed E-state index contributed by atoms with van der Waals surface area (Å²) in [5.41, 5.74) is 15.3. The maximum atomic E-state index is 5.98. The topological polar surface area (TPSA) is 99.8 Å². The SMILES string of the molecule is COc1ccccc1NC(N)=Nc1ccc(-c2cccc(N)c2)c[nH+]1. The number of aromatic amines is 1. The highest BCUT2D eigenvalue weighted by molar-refractivity contribution is 5.94. The molecule has 0 aliphatic rings. The minimum absolute atomic E-state index is 0.262. The monoisotopic (exact) mass is 334 g/mol. The Morgan fingerprint density at radius 3 is 2.60 bits per heavy atom. The molecule has 1 heterocycles. The highest BCUT2D eigenvalue weighted by atomic mass is 16.5. The third-order valence-corrected chi connectivity index (χ3v) is 3.63. The first-order chi connectivity index (χ1) is 12.2. The van der Waals surface area contributed by atoms with Gasteiger partial charge in [0.15, 0.2) is 0 Å². The van der Waals surface area contributed by atoms with Gasteiger partial charge in [-0.15, -0.1) is 0 Å². The van der Waals surface area contributed by atoms with Crippen molar-refractivity contribution < 1.29 is 9.72 Å². The number of pyridine rings is 1. The van der Waals surface area contributed by atoms with Crippen molar-refractivity contribution in [2.45, 2.75) is 0 Å². The van der Waals surface area contributed by atoms with Crippen LogP contribution in [0.2, 0.25) is 0 Å². The number of benzene rings is 2. The molecule has 0 bridgehead atoms. The lowest BCUT2D eigenvalue weighted by atomic mass is 10.1. The maximum absolute atomic E-state index is 5.98. The van der Waals surface area contributed by atoms with E-state index in [1.54, 1.807) is 7.11 Å². The number of H-pyrrole nitrogens is 1. The number of aliphatic imine (C=N–C) groups is 1. The summed E-state index contributed by atoms with van der Waals surface area (Å²) < 4.78 is 5.28. The van der Waals surface area contributed by atoms with Gasteiger partial charge < -0.3 is 21.5 Å². The Morgan fingerprint density at radius 1 is 1.04 bits per heavy atom. The van der Waals surface area contributed by atoms with Crippen LogP contribution in [0.15, 0.2) is 71.9 Å². The number of nitrogens with one attached hydrogen (secondary N) is 2. The Labute approximate surface area is 146 Å². The first kappa shape index (κ1) is 16.3. The van der Waals surface area contributed by atoms with Gasteiger partial charge in [0.2, 0.25) is 0 Å². The molecule has 0 radical (unpaired) electrons. The van der Waals surface area contributed by atoms with Crippen molar-refractivity contribution in [2.75, 3.05) is 18.2 Å². The molecule has 6 N–H and O–H groups in total. The van der Waals surface area contributed by atoms with Crippen molar-refractivity contribution in [3.05, 3.63) is 66.9 Å². The predicted molar refractivity (Wildman–Crippen MR) is 101 cm³/mol. The van der Waals surface area contributed by atoms with Gasteiger partial charge in [-0.05, 0) is 40.9 Å². The van der Waals surface area contributed by atoms with E-state index in [9.17, 15) is 0 Å². The van der Waals surface area contributed by atoms with Crippen molar-refractivity contribution in [1.29, 1.82) is 0 Å². The van der Waals surface area contributed by atoms with Gasteiger partial charge in [-0.25, -0.2) is 4.98 Å². The van der Waals surface area contributed by atoms with Crippen molar-refractivity contribution in [3.8, 4) is 16.9 Å². The predicted octanol–water partition coefficient (Wildman–Crippen LogP) is 2.82. The van der Waals surface area contributed by atoms with Gasteiger partial charge in [0.05, 0.1) is 19.0 Å². The second kappa shape index (κ2) is 7.35. The number of nitrogens with two attached hydrogens (primary N) is 2. The molecule has 0 unspecified atom stereocenters. The molecule has 0 amide bonds. The standard InChI is InChI=1S/C19H19N5O/c1-25-17-8-3-2-7-16(17)23-19(21)24-18-10-9-14(12-22-18)13-5-4-6-15(20)11-13/h2-12H,20H2,1H3,(H3,21,22,23,24)/p+1. The number of methoxy groups -OCH3 is 1. The number of hydrogen-bond donors (Lipinski definition) is 3. The summed E-state index contributed by atoms with van der Waals surface area (Å²) in [5.74, 6) is 1.59. The van der Waals surface area contributed by atoms with Crippen LogP contribution in [-0.2, 0) is 0 Å². The van der Waals surface area contributed by atoms with Crippen LogP contribution in [0.25, 0.3) is 11.1 Å². The molecule has 1 aromatic heterocycles. The fourth-order valence-electron chi connectivity index (χ4n) is 2.43. The minimum Gasteiger partial charge on any atom is -0.495 e. The minimum atomic E-state index is 0.262. The van der Waals surface area contributed by atoms with Crippen LogP contribution in [-0.4, -0.2) is 13.1 Å². The van der Waals surface area contributed by atoms with Crippen molar-refractivity contribution in [1.82, 2.24) is 0 Å². The summed E-state index contributed by atoms with van der Waals surface area (Å²) in [6.07, 6.45) is 1.87. The number of nitrogens with zero attached hydrogens (tertiary/aromatic N) is 1. The van der Waals surface area contributed by atoms with Crippen LogP contribution >= 0.6 is 0 Å². The smallest absolute Gasteiger partial charge is 0.325 e. The van der Waals surface area contributed by atoms with E-state index in [2.05, 4.69) is 15.3 Å². The van der Waals surface area contributed by atoms with Crippen LogP contribution in [0.3, 0.4) is 0 Å². The molecule has 3 aromatic rings. The second-order valence-electron chi connectivity index (χ2n) is 5.41. The first-order valence-corrected chi connectivity index (χ1v) is 7.77. The third kappa shape index (κ3) is 4.06. The number of anilines is 2. The van der Waals surface area contributed by atoms with Crippen molar-refractivity contribution >= 4 is 23.2 Å². The van der Waals surface area contributed by atoms with Crippen molar-refractivity contribution in [3.63, 3.8) is 0 Å². The normalized spacial score (nSPS) is 11.2. The molecule has 0 saturated heterocycles. The lowest BCUT2D eigenvalue weighted by molar-refractivity contribution is -0.361. The lowest BCUT2D eigenvalue weighted by Gasteiger charge is -2.07. The molecular weight excluding hydrogens is 314 g/mol. The zero-order valence-corrected chi connectivity index (χ0v) is 13.9. The summed E-state index contributed by atoms with van der Waals surface area (Å²) in [6, 6.07) is 19.0. The Balaban J connectivity index is 1.77. The molecule has 0 fully saturated rings. The molecule has 25 heavy (non-hydrogen) atoms. The largest absolute Gasteiger partial charge is 0.495 e. The average molecular weight is 334 g/mol. The zero-order chi connectivity index (χ0) is 17.6. The van der Waals surface area contributed by atoms with Gasteiger partial charge in [0.25, 0.3) is 0 Å². The molecule has 2 aromatic carbocycles. The number of nitrogen functional groups attached to an aromatic ring is 1. The van der Waals surface area contributed by atoms with Gasteiger partial charge in [-0.3, -0.25) is 0 Å². The molecule has 6 heteroatoms. The fourth-order valence-corrected chi connectivity index (χ4v) is 2.43. The Morgan fingerprint density at radius 2 is 1.88 bits per heavy atom. The molecule has 0 aliphatic heterocycles. The summed E-state index contributed by atoms with van der Waals surface area (Å²) in [5, 5.41) is 3.03. The number of guanidine groups is 1. The van der Waals surface area contributed by atoms with E-state index in [-0.39, 0.29) is 5.96 Å². The van der Waals surface area contributed by atoms with Crippen LogP contribution < -0.4 is 26.5 Å². The molecule has 126 valence electrons. The second-order valence-corrected chi connectivity index (χ2v) is 5.41. The van der Waals surface area contributed by atoms with Gasteiger partial charge in [-0.2, -0.15) is 0 Å². The van der Waals surface area contributed by atoms with Crippen LogP contribution in [0.5, 0.6) is 5.75 Å². The van der Waals surface area contributed by atoms with Gasteiger partial charge >= 0.3 is 11.8 Å². The Hall–Kier alpha value is -3.54. The molecule has 0 aliphatic carbocycles. The quantitative estimate of drug-likeness (QED) is 0.388. The molecule has 3 rings (SSSR count). The zero-order valence-electron chi connectivity index (χ0n) is 13.9. The van der Waals surface area contributed by atoms with E-state index in [1.165, 1.54) is 0 Å². The highest BCUT2D eigenvalue weighted by Gasteiger charge is 2.09. The number of rotatable bonds is 4. The summed E-state index contributed by atoms with van der Waals surface area (Å²) >= 11 is 0. The number of para-hydroxylation sites is 2. The molecular formula is C19H20N5O+. The van der Waals surface area contributed by atoms with Gasteiger partial charge in [-0.1, -0.05) is 24.3 Å².